The molecule has 0 fully saturated rings. The lowest BCUT2D eigenvalue weighted by molar-refractivity contribution is 0.103. The zero-order valence-electron chi connectivity index (χ0n) is 14.1. The standard InChI is InChI=1S/C19H13Cl3N2OS2/c1-2-3-15-24-12-5-4-10(8-13(12)26-15)23-19(25)18-17(22)16-11(21)6-9(20)7-14(16)27-18/h4-8H,2-3H2,1H3,(H,23,25). The molecule has 2 heterocycles. The normalized spacial score (nSPS) is 11.4. The van der Waals surface area contributed by atoms with Crippen LogP contribution in [0.25, 0.3) is 20.3 Å². The molecule has 0 bridgehead atoms. The Labute approximate surface area is 178 Å². The lowest BCUT2D eigenvalue weighted by Crippen LogP contribution is -2.10. The Balaban J connectivity index is 1.66. The molecule has 3 nitrogen and oxygen atoms in total. The molecule has 0 saturated carbocycles. The second kappa shape index (κ2) is 7.57. The van der Waals surface area contributed by atoms with Gasteiger partial charge in [0.25, 0.3) is 5.91 Å². The molecule has 4 rings (SSSR count). The Bertz CT molecular complexity index is 1180. The van der Waals surface area contributed by atoms with Crippen LogP contribution in [-0.4, -0.2) is 10.9 Å². The maximum absolute atomic E-state index is 12.8. The molecular weight excluding hydrogens is 443 g/mol. The van der Waals surface area contributed by atoms with Gasteiger partial charge in [0.05, 0.1) is 25.3 Å². The molecule has 1 amide bonds. The van der Waals surface area contributed by atoms with Gasteiger partial charge in [0.1, 0.15) is 4.88 Å². The number of anilines is 1. The highest BCUT2D eigenvalue weighted by Gasteiger charge is 2.20. The maximum Gasteiger partial charge on any atom is 0.267 e. The average Bonchev–Trinajstić information content (AvgIpc) is 3.15. The van der Waals surface area contributed by atoms with Crippen LogP contribution < -0.4 is 5.32 Å². The number of nitrogens with one attached hydrogen (secondary N) is 1. The Morgan fingerprint density at radius 3 is 2.70 bits per heavy atom. The molecule has 27 heavy (non-hydrogen) atoms. The van der Waals surface area contributed by atoms with E-state index in [1.807, 2.05) is 18.2 Å². The molecule has 0 spiro atoms. The topological polar surface area (TPSA) is 42.0 Å². The van der Waals surface area contributed by atoms with Gasteiger partial charge in [0, 0.05) is 20.8 Å². The number of fused-ring (bicyclic) bond motifs is 2. The zero-order chi connectivity index (χ0) is 19.1. The van der Waals surface area contributed by atoms with Crippen molar-refractivity contribution in [3.8, 4) is 0 Å². The highest BCUT2D eigenvalue weighted by atomic mass is 35.5. The molecule has 0 atom stereocenters. The van der Waals surface area contributed by atoms with Crippen LogP contribution in [0.4, 0.5) is 5.69 Å². The quantitative estimate of drug-likeness (QED) is 0.343. The molecule has 2 aromatic carbocycles. The number of rotatable bonds is 4. The van der Waals surface area contributed by atoms with Crippen LogP contribution in [0.3, 0.4) is 0 Å². The summed E-state index contributed by atoms with van der Waals surface area (Å²) in [7, 11) is 0. The monoisotopic (exact) mass is 454 g/mol. The van der Waals surface area contributed by atoms with Gasteiger partial charge in [-0.3, -0.25) is 4.79 Å². The molecule has 4 aromatic rings. The first-order chi connectivity index (χ1) is 13.0. The second-order valence-corrected chi connectivity index (χ2v) is 9.39. The second-order valence-electron chi connectivity index (χ2n) is 6.00. The summed E-state index contributed by atoms with van der Waals surface area (Å²) in [6.45, 7) is 2.13. The fourth-order valence-corrected chi connectivity index (χ4v) is 6.20. The van der Waals surface area contributed by atoms with Crippen molar-refractivity contribution in [1.29, 1.82) is 0 Å². The van der Waals surface area contributed by atoms with E-state index in [1.54, 1.807) is 23.5 Å². The minimum Gasteiger partial charge on any atom is -0.321 e. The minimum atomic E-state index is -0.272. The molecule has 0 radical (unpaired) electrons. The smallest absolute Gasteiger partial charge is 0.267 e. The third-order valence-electron chi connectivity index (χ3n) is 4.01. The van der Waals surface area contributed by atoms with E-state index in [1.165, 1.54) is 11.3 Å². The highest BCUT2D eigenvalue weighted by Crippen LogP contribution is 2.41. The summed E-state index contributed by atoms with van der Waals surface area (Å²) < 4.78 is 1.83. The first-order valence-electron chi connectivity index (χ1n) is 8.24. The number of amides is 1. The molecule has 0 aliphatic carbocycles. The number of aromatic nitrogens is 1. The van der Waals surface area contributed by atoms with Gasteiger partial charge in [-0.15, -0.1) is 22.7 Å². The summed E-state index contributed by atoms with van der Waals surface area (Å²) in [6.07, 6.45) is 2.02. The van der Waals surface area contributed by atoms with Crippen LogP contribution >= 0.6 is 57.5 Å². The van der Waals surface area contributed by atoms with Gasteiger partial charge in [0.15, 0.2) is 0 Å². The van der Waals surface area contributed by atoms with Gasteiger partial charge < -0.3 is 5.32 Å². The molecule has 0 unspecified atom stereocenters. The number of aryl methyl sites for hydroxylation is 1. The molecule has 0 saturated heterocycles. The summed E-state index contributed by atoms with van der Waals surface area (Å²) in [5.74, 6) is -0.272. The van der Waals surface area contributed by atoms with E-state index < -0.39 is 0 Å². The molecule has 1 N–H and O–H groups in total. The van der Waals surface area contributed by atoms with E-state index in [0.29, 0.717) is 31.0 Å². The Morgan fingerprint density at radius 2 is 1.93 bits per heavy atom. The highest BCUT2D eigenvalue weighted by molar-refractivity contribution is 7.22. The lowest BCUT2D eigenvalue weighted by atomic mass is 10.2. The van der Waals surface area contributed by atoms with Crippen molar-refractivity contribution in [2.24, 2.45) is 0 Å². The summed E-state index contributed by atoms with van der Waals surface area (Å²) in [6, 6.07) is 9.09. The van der Waals surface area contributed by atoms with Gasteiger partial charge in [0.2, 0.25) is 0 Å². The molecular formula is C19H13Cl3N2OS2. The molecule has 8 heteroatoms. The van der Waals surface area contributed by atoms with Gasteiger partial charge in [-0.2, -0.15) is 0 Å². The third-order valence-corrected chi connectivity index (χ3v) is 7.23. The number of thiophene rings is 1. The van der Waals surface area contributed by atoms with E-state index in [-0.39, 0.29) is 5.91 Å². The Hall–Kier alpha value is -1.37. The Kier molecular flexibility index (Phi) is 5.32. The van der Waals surface area contributed by atoms with Gasteiger partial charge in [-0.25, -0.2) is 4.98 Å². The number of thiazole rings is 1. The predicted molar refractivity (Wildman–Crippen MR) is 118 cm³/mol. The maximum atomic E-state index is 12.8. The third kappa shape index (κ3) is 3.67. The summed E-state index contributed by atoms with van der Waals surface area (Å²) in [5.41, 5.74) is 1.65. The van der Waals surface area contributed by atoms with E-state index >= 15 is 0 Å². The number of hydrogen-bond donors (Lipinski definition) is 1. The van der Waals surface area contributed by atoms with Crippen molar-refractivity contribution in [2.45, 2.75) is 19.8 Å². The fraction of sp³-hybridized carbons (Fsp3) is 0.158. The van der Waals surface area contributed by atoms with Crippen LogP contribution in [0.15, 0.2) is 30.3 Å². The van der Waals surface area contributed by atoms with Crippen LogP contribution in [0.5, 0.6) is 0 Å². The van der Waals surface area contributed by atoms with Crippen molar-refractivity contribution in [2.75, 3.05) is 5.32 Å². The Morgan fingerprint density at radius 1 is 1.11 bits per heavy atom. The molecule has 2 aromatic heterocycles. The van der Waals surface area contributed by atoms with Gasteiger partial charge in [-0.05, 0) is 43.2 Å². The van der Waals surface area contributed by atoms with Crippen molar-refractivity contribution in [3.05, 3.63) is 55.3 Å². The molecule has 0 aliphatic heterocycles. The van der Waals surface area contributed by atoms with Crippen LogP contribution in [-0.2, 0) is 6.42 Å². The van der Waals surface area contributed by atoms with Crippen molar-refractivity contribution >= 4 is 89.4 Å². The van der Waals surface area contributed by atoms with E-state index in [9.17, 15) is 4.79 Å². The average molecular weight is 456 g/mol. The lowest BCUT2D eigenvalue weighted by Gasteiger charge is -2.04. The fourth-order valence-electron chi connectivity index (χ4n) is 2.82. The number of carbonyl (C=O) groups excluding carboxylic acids is 1. The van der Waals surface area contributed by atoms with Crippen molar-refractivity contribution in [3.63, 3.8) is 0 Å². The summed E-state index contributed by atoms with van der Waals surface area (Å²) >= 11 is 21.6. The van der Waals surface area contributed by atoms with Crippen molar-refractivity contribution in [1.82, 2.24) is 4.98 Å². The zero-order valence-corrected chi connectivity index (χ0v) is 18.0. The van der Waals surface area contributed by atoms with E-state index in [4.69, 9.17) is 34.8 Å². The minimum absolute atomic E-state index is 0.272. The van der Waals surface area contributed by atoms with Crippen LogP contribution in [0.2, 0.25) is 15.1 Å². The van der Waals surface area contributed by atoms with Crippen LogP contribution in [0, 0.1) is 0 Å². The number of halogens is 3. The number of nitrogens with zero attached hydrogens (tertiary/aromatic N) is 1. The summed E-state index contributed by atoms with van der Waals surface area (Å²) in [5, 5.41) is 5.97. The number of benzene rings is 2. The van der Waals surface area contributed by atoms with Gasteiger partial charge >= 0.3 is 0 Å². The molecule has 0 aliphatic rings. The number of hydrogen-bond acceptors (Lipinski definition) is 4. The van der Waals surface area contributed by atoms with E-state index in [2.05, 4.69) is 17.2 Å². The first kappa shape index (κ1) is 19.0. The van der Waals surface area contributed by atoms with Crippen LogP contribution in [0.1, 0.15) is 28.0 Å². The van der Waals surface area contributed by atoms with Crippen molar-refractivity contribution < 1.29 is 4.79 Å². The SMILES string of the molecule is CCCc1nc2ccc(NC(=O)c3sc4cc(Cl)cc(Cl)c4c3Cl)cc2s1. The first-order valence-corrected chi connectivity index (χ1v) is 11.0. The van der Waals surface area contributed by atoms with Gasteiger partial charge in [-0.1, -0.05) is 41.7 Å². The number of carbonyl (C=O) groups is 1. The molecule has 138 valence electrons. The predicted octanol–water partition coefficient (Wildman–Crippen LogP) is 7.68. The summed E-state index contributed by atoms with van der Waals surface area (Å²) in [4.78, 5) is 17.8. The van der Waals surface area contributed by atoms with E-state index in [0.717, 1.165) is 32.8 Å². The largest absolute Gasteiger partial charge is 0.321 e.